The standard InChI is InChI=1S/C27H17FN4O4S.C2HF3O2/c28-17-8-5-15(6-9-17)24-30-21-10-7-16(11-22(21)31-24)27(35)36-13-18-14-37-23(29-18)12-32-25(33)19-3-1-2-4-20(19)26(32)34;3-2(4,5)1(6)7/h1-11,14H,12-13H2,(H,30,31);(H,6,7). The molecule has 1 aliphatic heterocycles. The van der Waals surface area contributed by atoms with Crippen LogP contribution in [0.2, 0.25) is 0 Å². The van der Waals surface area contributed by atoms with E-state index in [-0.39, 0.29) is 30.8 Å². The van der Waals surface area contributed by atoms with E-state index in [4.69, 9.17) is 14.6 Å². The molecule has 6 rings (SSSR count). The van der Waals surface area contributed by atoms with Gasteiger partial charge in [-0.25, -0.2) is 23.9 Å². The molecule has 0 unspecified atom stereocenters. The number of carbonyl (C=O) groups excluding carboxylic acids is 3. The number of ether oxygens (including phenoxy) is 1. The third kappa shape index (κ3) is 6.47. The summed E-state index contributed by atoms with van der Waals surface area (Å²) in [7, 11) is 0. The van der Waals surface area contributed by atoms with Gasteiger partial charge in [-0.1, -0.05) is 12.1 Å². The van der Waals surface area contributed by atoms with Crippen molar-refractivity contribution in [2.45, 2.75) is 19.3 Å². The summed E-state index contributed by atoms with van der Waals surface area (Å²) >= 11 is 1.28. The van der Waals surface area contributed by atoms with Gasteiger partial charge in [0.05, 0.1) is 40.0 Å². The Morgan fingerprint density at radius 1 is 0.955 bits per heavy atom. The Bertz CT molecular complexity index is 1870. The van der Waals surface area contributed by atoms with Crippen molar-refractivity contribution in [2.24, 2.45) is 0 Å². The zero-order chi connectivity index (χ0) is 31.6. The van der Waals surface area contributed by atoms with Crippen molar-refractivity contribution in [3.63, 3.8) is 0 Å². The second kappa shape index (κ2) is 12.0. The minimum Gasteiger partial charge on any atom is -0.475 e. The summed E-state index contributed by atoms with van der Waals surface area (Å²) in [6.07, 6.45) is -5.08. The molecule has 0 saturated carbocycles. The van der Waals surface area contributed by atoms with Gasteiger partial charge in [0, 0.05) is 10.9 Å². The second-order valence-electron chi connectivity index (χ2n) is 9.18. The molecule has 2 amide bonds. The number of halogens is 4. The molecule has 0 fully saturated rings. The molecule has 0 spiro atoms. The van der Waals surface area contributed by atoms with Crippen molar-refractivity contribution in [3.8, 4) is 11.4 Å². The Balaban J connectivity index is 0.000000493. The maximum atomic E-state index is 13.2. The Labute approximate surface area is 248 Å². The normalized spacial score (nSPS) is 12.6. The molecule has 0 radical (unpaired) electrons. The number of carboxylic acid groups (broad SMARTS) is 1. The van der Waals surface area contributed by atoms with Gasteiger partial charge in [0.15, 0.2) is 0 Å². The van der Waals surface area contributed by atoms with E-state index in [1.807, 2.05) is 0 Å². The topological polar surface area (TPSA) is 143 Å². The summed E-state index contributed by atoms with van der Waals surface area (Å²) in [6, 6.07) is 17.6. The molecular formula is C29H18F4N4O6S. The van der Waals surface area contributed by atoms with Gasteiger partial charge in [-0.05, 0) is 54.6 Å². The third-order valence-corrected chi connectivity index (χ3v) is 7.08. The Morgan fingerprint density at radius 3 is 2.20 bits per heavy atom. The van der Waals surface area contributed by atoms with Gasteiger partial charge in [-0.2, -0.15) is 13.2 Å². The van der Waals surface area contributed by atoms with Crippen LogP contribution < -0.4 is 0 Å². The van der Waals surface area contributed by atoms with Crippen LogP contribution in [0.1, 0.15) is 41.8 Å². The molecule has 0 aliphatic carbocycles. The number of aromatic amines is 1. The zero-order valence-corrected chi connectivity index (χ0v) is 22.9. The van der Waals surface area contributed by atoms with Gasteiger partial charge in [-0.3, -0.25) is 14.5 Å². The van der Waals surface area contributed by atoms with Crippen molar-refractivity contribution in [1.29, 1.82) is 0 Å². The van der Waals surface area contributed by atoms with E-state index in [2.05, 4.69) is 15.0 Å². The molecule has 10 nitrogen and oxygen atoms in total. The highest BCUT2D eigenvalue weighted by Crippen LogP contribution is 2.26. The monoisotopic (exact) mass is 626 g/mol. The van der Waals surface area contributed by atoms with Crippen LogP contribution in [0.4, 0.5) is 17.6 Å². The van der Waals surface area contributed by atoms with E-state index in [0.29, 0.717) is 44.2 Å². The highest BCUT2D eigenvalue weighted by Gasteiger charge is 2.38. The fourth-order valence-corrected chi connectivity index (χ4v) is 4.88. The summed E-state index contributed by atoms with van der Waals surface area (Å²) in [5.74, 6) is -3.75. The third-order valence-electron chi connectivity index (χ3n) is 6.20. The number of aliphatic carboxylic acids is 1. The molecule has 1 aliphatic rings. The largest absolute Gasteiger partial charge is 0.490 e. The molecule has 0 bridgehead atoms. The van der Waals surface area contributed by atoms with Gasteiger partial charge in [0.2, 0.25) is 0 Å². The summed E-state index contributed by atoms with van der Waals surface area (Å²) in [6.45, 7) is -0.00284. The van der Waals surface area contributed by atoms with Crippen LogP contribution >= 0.6 is 11.3 Å². The number of thiazole rings is 1. The van der Waals surface area contributed by atoms with Crippen LogP contribution in [0.25, 0.3) is 22.4 Å². The number of fused-ring (bicyclic) bond motifs is 2. The average molecular weight is 627 g/mol. The minimum atomic E-state index is -5.08. The SMILES string of the molecule is O=C(O)C(F)(F)F.O=C(OCc1csc(CN2C(=O)c3ccccc3C2=O)n1)c1ccc2nc(-c3ccc(F)cc3)[nH]c2c1. The maximum Gasteiger partial charge on any atom is 0.490 e. The molecule has 3 heterocycles. The molecule has 5 aromatic rings. The first kappa shape index (κ1) is 30.0. The number of imidazole rings is 1. The lowest BCUT2D eigenvalue weighted by molar-refractivity contribution is -0.192. The molecular weight excluding hydrogens is 608 g/mol. The fourth-order valence-electron chi connectivity index (χ4n) is 4.11. The van der Waals surface area contributed by atoms with Gasteiger partial charge < -0.3 is 14.8 Å². The van der Waals surface area contributed by atoms with E-state index in [1.54, 1.807) is 60.0 Å². The smallest absolute Gasteiger partial charge is 0.475 e. The van der Waals surface area contributed by atoms with Gasteiger partial charge in [0.1, 0.15) is 23.3 Å². The number of rotatable bonds is 6. The lowest BCUT2D eigenvalue weighted by Gasteiger charge is -2.11. The summed E-state index contributed by atoms with van der Waals surface area (Å²) in [5, 5.41) is 9.42. The van der Waals surface area contributed by atoms with E-state index >= 15 is 0 Å². The molecule has 3 aromatic carbocycles. The lowest BCUT2D eigenvalue weighted by Crippen LogP contribution is -2.29. The van der Waals surface area contributed by atoms with Crippen LogP contribution in [-0.4, -0.2) is 54.9 Å². The Kier molecular flexibility index (Phi) is 8.22. The number of alkyl halides is 3. The predicted molar refractivity (Wildman–Crippen MR) is 147 cm³/mol. The minimum absolute atomic E-state index is 0.0534. The predicted octanol–water partition coefficient (Wildman–Crippen LogP) is 5.61. The zero-order valence-electron chi connectivity index (χ0n) is 22.1. The number of benzene rings is 3. The molecule has 2 N–H and O–H groups in total. The summed E-state index contributed by atoms with van der Waals surface area (Å²) in [5.41, 5.74) is 3.66. The van der Waals surface area contributed by atoms with Crippen LogP contribution in [0.3, 0.4) is 0 Å². The number of amides is 2. The summed E-state index contributed by atoms with van der Waals surface area (Å²) < 4.78 is 50.4. The number of carbonyl (C=O) groups is 4. The van der Waals surface area contributed by atoms with Crippen LogP contribution in [0, 0.1) is 5.82 Å². The Hall–Kier alpha value is -5.44. The molecule has 44 heavy (non-hydrogen) atoms. The van der Waals surface area contributed by atoms with Gasteiger partial charge in [-0.15, -0.1) is 11.3 Å². The first-order valence-electron chi connectivity index (χ1n) is 12.5. The molecule has 2 aromatic heterocycles. The molecule has 0 saturated heterocycles. The Morgan fingerprint density at radius 2 is 1.59 bits per heavy atom. The first-order valence-corrected chi connectivity index (χ1v) is 13.4. The van der Waals surface area contributed by atoms with E-state index < -0.39 is 18.1 Å². The fraction of sp³-hybridized carbons (Fsp3) is 0.103. The number of carboxylic acids is 1. The quantitative estimate of drug-likeness (QED) is 0.141. The average Bonchev–Trinajstić information content (AvgIpc) is 3.69. The number of hydrogen-bond acceptors (Lipinski definition) is 8. The highest BCUT2D eigenvalue weighted by atomic mass is 32.1. The number of hydrogen-bond donors (Lipinski definition) is 2. The highest BCUT2D eigenvalue weighted by molar-refractivity contribution is 7.09. The van der Waals surface area contributed by atoms with Crippen molar-refractivity contribution in [1.82, 2.24) is 19.9 Å². The number of imide groups is 1. The summed E-state index contributed by atoms with van der Waals surface area (Å²) in [4.78, 5) is 59.9. The van der Waals surface area contributed by atoms with Crippen LogP contribution in [-0.2, 0) is 22.7 Å². The van der Waals surface area contributed by atoms with E-state index in [9.17, 15) is 31.9 Å². The van der Waals surface area contributed by atoms with Crippen molar-refractivity contribution >= 4 is 46.1 Å². The van der Waals surface area contributed by atoms with E-state index in [1.165, 1.54) is 28.4 Å². The number of nitrogens with one attached hydrogen (secondary N) is 1. The maximum absolute atomic E-state index is 13.2. The number of aromatic nitrogens is 3. The van der Waals surface area contributed by atoms with Crippen molar-refractivity contribution in [3.05, 3.63) is 105 Å². The first-order chi connectivity index (χ1) is 20.9. The molecule has 224 valence electrons. The number of H-pyrrole nitrogens is 1. The second-order valence-corrected chi connectivity index (χ2v) is 10.1. The lowest BCUT2D eigenvalue weighted by atomic mass is 10.1. The van der Waals surface area contributed by atoms with E-state index in [0.717, 1.165) is 5.56 Å². The van der Waals surface area contributed by atoms with Gasteiger partial charge in [0.25, 0.3) is 11.8 Å². The van der Waals surface area contributed by atoms with Crippen molar-refractivity contribution < 1.29 is 46.6 Å². The van der Waals surface area contributed by atoms with Gasteiger partial charge >= 0.3 is 18.1 Å². The van der Waals surface area contributed by atoms with Crippen LogP contribution in [0.5, 0.6) is 0 Å². The van der Waals surface area contributed by atoms with Crippen molar-refractivity contribution in [2.75, 3.05) is 0 Å². The van der Waals surface area contributed by atoms with Crippen LogP contribution in [0.15, 0.2) is 72.1 Å². The molecule has 15 heteroatoms. The number of nitrogens with zero attached hydrogens (tertiary/aromatic N) is 3. The number of esters is 1. The molecule has 0 atom stereocenters.